The third kappa shape index (κ3) is 4.41. The standard InChI is InChI=1S/C10H9BrClFO5S/c1-17-2-3-18-10(14)7-4-6(13)5-8(9(7)11)19(12,15)16/h4-5H,2-3H2,1H3. The number of methoxy groups -OCH3 is 1. The van der Waals surface area contributed by atoms with Crippen molar-refractivity contribution >= 4 is 41.6 Å². The maximum Gasteiger partial charge on any atom is 0.339 e. The number of halogens is 3. The Kier molecular flexibility index (Phi) is 5.72. The summed E-state index contributed by atoms with van der Waals surface area (Å²) in [6, 6.07) is 1.56. The molecule has 0 saturated heterocycles. The van der Waals surface area contributed by atoms with Gasteiger partial charge in [-0.25, -0.2) is 17.6 Å². The minimum Gasteiger partial charge on any atom is -0.460 e. The van der Waals surface area contributed by atoms with Gasteiger partial charge < -0.3 is 9.47 Å². The summed E-state index contributed by atoms with van der Waals surface area (Å²) in [6.45, 7) is 0.126. The van der Waals surface area contributed by atoms with E-state index < -0.39 is 25.7 Å². The molecular weight excluding hydrogens is 367 g/mol. The molecule has 1 aromatic carbocycles. The number of carbonyl (C=O) groups excluding carboxylic acids is 1. The van der Waals surface area contributed by atoms with Crippen LogP contribution in [0.2, 0.25) is 0 Å². The number of rotatable bonds is 5. The highest BCUT2D eigenvalue weighted by atomic mass is 79.9. The minimum atomic E-state index is -4.18. The van der Waals surface area contributed by atoms with E-state index in [0.29, 0.717) is 6.07 Å². The van der Waals surface area contributed by atoms with Crippen molar-refractivity contribution in [3.05, 3.63) is 28.0 Å². The van der Waals surface area contributed by atoms with E-state index in [1.54, 1.807) is 0 Å². The van der Waals surface area contributed by atoms with Crippen LogP contribution in [0.15, 0.2) is 21.5 Å². The molecule has 0 heterocycles. The predicted molar refractivity (Wildman–Crippen MR) is 69.3 cm³/mol. The number of benzene rings is 1. The van der Waals surface area contributed by atoms with Gasteiger partial charge in [-0.2, -0.15) is 0 Å². The SMILES string of the molecule is COCCOC(=O)c1cc(F)cc(S(=O)(=O)Cl)c1Br. The third-order valence-electron chi connectivity index (χ3n) is 2.01. The maximum absolute atomic E-state index is 13.3. The van der Waals surface area contributed by atoms with Crippen molar-refractivity contribution in [2.24, 2.45) is 0 Å². The molecule has 0 N–H and O–H groups in total. The highest BCUT2D eigenvalue weighted by Gasteiger charge is 2.23. The van der Waals surface area contributed by atoms with Crippen LogP contribution >= 0.6 is 26.6 Å². The summed E-state index contributed by atoms with van der Waals surface area (Å²) in [7, 11) is 2.38. The van der Waals surface area contributed by atoms with E-state index >= 15 is 0 Å². The molecule has 19 heavy (non-hydrogen) atoms. The lowest BCUT2D eigenvalue weighted by atomic mass is 10.2. The molecule has 1 rings (SSSR count). The highest BCUT2D eigenvalue weighted by molar-refractivity contribution is 9.10. The molecule has 0 aliphatic carbocycles. The zero-order valence-corrected chi connectivity index (χ0v) is 12.8. The van der Waals surface area contributed by atoms with Gasteiger partial charge in [0.15, 0.2) is 0 Å². The van der Waals surface area contributed by atoms with Gasteiger partial charge in [0.1, 0.15) is 17.3 Å². The number of hydrogen-bond acceptors (Lipinski definition) is 5. The van der Waals surface area contributed by atoms with Gasteiger partial charge in [0.2, 0.25) is 0 Å². The molecule has 0 saturated carbocycles. The summed E-state index contributed by atoms with van der Waals surface area (Å²) >= 11 is 2.90. The van der Waals surface area contributed by atoms with E-state index in [0.717, 1.165) is 6.07 Å². The van der Waals surface area contributed by atoms with Crippen LogP contribution in [-0.2, 0) is 18.5 Å². The molecule has 0 aromatic heterocycles. The number of carbonyl (C=O) groups is 1. The molecule has 5 nitrogen and oxygen atoms in total. The second kappa shape index (κ2) is 6.65. The Morgan fingerprint density at radius 1 is 1.42 bits per heavy atom. The largest absolute Gasteiger partial charge is 0.460 e. The first kappa shape index (κ1) is 16.4. The molecule has 0 spiro atoms. The van der Waals surface area contributed by atoms with Gasteiger partial charge in [-0.05, 0) is 28.1 Å². The summed E-state index contributed by atoms with van der Waals surface area (Å²) in [5, 5.41) is 0. The fourth-order valence-corrected chi connectivity index (χ4v) is 3.44. The Morgan fingerprint density at radius 2 is 2.05 bits per heavy atom. The first-order chi connectivity index (χ1) is 8.77. The van der Waals surface area contributed by atoms with Gasteiger partial charge in [0.25, 0.3) is 9.05 Å². The van der Waals surface area contributed by atoms with Gasteiger partial charge in [-0.1, -0.05) is 0 Å². The van der Waals surface area contributed by atoms with E-state index in [2.05, 4.69) is 20.7 Å². The van der Waals surface area contributed by atoms with Crippen molar-refractivity contribution in [3.63, 3.8) is 0 Å². The van der Waals surface area contributed by atoms with E-state index in [1.165, 1.54) is 7.11 Å². The van der Waals surface area contributed by atoms with Gasteiger partial charge in [-0.3, -0.25) is 0 Å². The first-order valence-electron chi connectivity index (χ1n) is 4.87. The fraction of sp³-hybridized carbons (Fsp3) is 0.300. The smallest absolute Gasteiger partial charge is 0.339 e. The summed E-state index contributed by atoms with van der Waals surface area (Å²) in [5.41, 5.74) is -0.268. The Labute approximate surface area is 122 Å². The van der Waals surface area contributed by atoms with Gasteiger partial charge >= 0.3 is 5.97 Å². The highest BCUT2D eigenvalue weighted by Crippen LogP contribution is 2.30. The van der Waals surface area contributed by atoms with Crippen LogP contribution in [0.25, 0.3) is 0 Å². The van der Waals surface area contributed by atoms with E-state index in [1.807, 2.05) is 0 Å². The van der Waals surface area contributed by atoms with Gasteiger partial charge in [0.05, 0.1) is 16.6 Å². The van der Waals surface area contributed by atoms with E-state index in [-0.39, 0.29) is 23.2 Å². The summed E-state index contributed by atoms with van der Waals surface area (Å²) in [6.07, 6.45) is 0. The molecule has 9 heteroatoms. The molecule has 0 unspecified atom stereocenters. The Bertz CT molecular complexity index is 590. The average Bonchev–Trinajstić information content (AvgIpc) is 2.30. The molecule has 0 bridgehead atoms. The first-order valence-corrected chi connectivity index (χ1v) is 7.97. The fourth-order valence-electron chi connectivity index (χ4n) is 1.19. The molecule has 0 radical (unpaired) electrons. The topological polar surface area (TPSA) is 69.7 Å². The van der Waals surface area contributed by atoms with Crippen molar-refractivity contribution in [2.45, 2.75) is 4.90 Å². The molecule has 1 aromatic rings. The molecule has 0 aliphatic rings. The third-order valence-corrected chi connectivity index (χ3v) is 4.47. The number of esters is 1. The van der Waals surface area contributed by atoms with Crippen LogP contribution in [0.5, 0.6) is 0 Å². The van der Waals surface area contributed by atoms with Crippen LogP contribution in [-0.4, -0.2) is 34.7 Å². The Morgan fingerprint density at radius 3 is 2.58 bits per heavy atom. The molecule has 106 valence electrons. The van der Waals surface area contributed by atoms with Gasteiger partial charge in [0, 0.05) is 17.8 Å². The van der Waals surface area contributed by atoms with E-state index in [4.69, 9.17) is 15.4 Å². The van der Waals surface area contributed by atoms with E-state index in [9.17, 15) is 17.6 Å². The maximum atomic E-state index is 13.3. The lowest BCUT2D eigenvalue weighted by Gasteiger charge is -2.08. The Hall–Kier alpha value is -0.700. The molecular formula is C10H9BrClFO5S. The summed E-state index contributed by atoms with van der Waals surface area (Å²) in [4.78, 5) is 11.1. The lowest BCUT2D eigenvalue weighted by Crippen LogP contribution is -2.12. The Balaban J connectivity index is 3.15. The van der Waals surface area contributed by atoms with Crippen LogP contribution in [0.3, 0.4) is 0 Å². The molecule has 0 fully saturated rings. The van der Waals surface area contributed by atoms with Crippen molar-refractivity contribution in [1.82, 2.24) is 0 Å². The molecule has 0 atom stereocenters. The van der Waals surface area contributed by atoms with Crippen molar-refractivity contribution in [2.75, 3.05) is 20.3 Å². The summed E-state index contributed by atoms with van der Waals surface area (Å²) < 4.78 is 45.1. The summed E-state index contributed by atoms with van der Waals surface area (Å²) in [5.74, 6) is -1.80. The number of ether oxygens (including phenoxy) is 2. The van der Waals surface area contributed by atoms with Crippen LogP contribution < -0.4 is 0 Å². The zero-order valence-electron chi connectivity index (χ0n) is 9.65. The average molecular weight is 376 g/mol. The zero-order chi connectivity index (χ0) is 14.6. The number of hydrogen-bond donors (Lipinski definition) is 0. The monoisotopic (exact) mass is 374 g/mol. The van der Waals surface area contributed by atoms with Crippen molar-refractivity contribution in [1.29, 1.82) is 0 Å². The second-order valence-electron chi connectivity index (χ2n) is 3.33. The van der Waals surface area contributed by atoms with Crippen LogP contribution in [0.1, 0.15) is 10.4 Å². The lowest BCUT2D eigenvalue weighted by molar-refractivity contribution is 0.0386. The molecule has 0 aliphatic heterocycles. The van der Waals surface area contributed by atoms with Gasteiger partial charge in [-0.15, -0.1) is 0 Å². The normalized spacial score (nSPS) is 11.4. The second-order valence-corrected chi connectivity index (χ2v) is 6.66. The quantitative estimate of drug-likeness (QED) is 0.449. The van der Waals surface area contributed by atoms with Crippen LogP contribution in [0.4, 0.5) is 4.39 Å². The minimum absolute atomic E-state index is 0.0404. The van der Waals surface area contributed by atoms with Crippen LogP contribution in [0, 0.1) is 5.82 Å². The van der Waals surface area contributed by atoms with Crippen molar-refractivity contribution in [3.8, 4) is 0 Å². The molecule has 0 amide bonds. The predicted octanol–water partition coefficient (Wildman–Crippen LogP) is 2.32. The van der Waals surface area contributed by atoms with Crippen molar-refractivity contribution < 1.29 is 27.1 Å².